The van der Waals surface area contributed by atoms with Crippen molar-refractivity contribution >= 4 is 21.8 Å². The van der Waals surface area contributed by atoms with E-state index in [1.807, 2.05) is 11.8 Å². The van der Waals surface area contributed by atoms with Crippen LogP contribution >= 0.6 is 15.9 Å². The fourth-order valence-corrected chi connectivity index (χ4v) is 1.77. The largest absolute Gasteiger partial charge is 0.343 e. The Kier molecular flexibility index (Phi) is 8.24. The Labute approximate surface area is 96.2 Å². The third kappa shape index (κ3) is 6.41. The molecule has 0 aromatic rings. The van der Waals surface area contributed by atoms with E-state index < -0.39 is 0 Å². The van der Waals surface area contributed by atoms with Crippen molar-refractivity contribution in [3.05, 3.63) is 0 Å². The molecule has 0 aliphatic rings. The molecule has 0 aliphatic carbocycles. The average Bonchev–Trinajstić information content (AvgIpc) is 2.14. The third-order valence-corrected chi connectivity index (χ3v) is 2.65. The van der Waals surface area contributed by atoms with Crippen LogP contribution in [0.1, 0.15) is 40.0 Å². The Balaban J connectivity index is 3.79. The van der Waals surface area contributed by atoms with Crippen molar-refractivity contribution in [1.29, 1.82) is 0 Å². The van der Waals surface area contributed by atoms with Gasteiger partial charge in [-0.25, -0.2) is 0 Å². The SMILES string of the molecule is CCN(CC(C)C)C(=O)CCCCBr. The molecule has 0 saturated heterocycles. The van der Waals surface area contributed by atoms with Crippen LogP contribution in [0.15, 0.2) is 0 Å². The number of halogens is 1. The summed E-state index contributed by atoms with van der Waals surface area (Å²) in [5.74, 6) is 0.872. The monoisotopic (exact) mass is 263 g/mol. The molecule has 84 valence electrons. The summed E-state index contributed by atoms with van der Waals surface area (Å²) in [5.41, 5.74) is 0. The van der Waals surface area contributed by atoms with Crippen LogP contribution in [0.5, 0.6) is 0 Å². The fourth-order valence-electron chi connectivity index (χ4n) is 1.38. The van der Waals surface area contributed by atoms with E-state index >= 15 is 0 Å². The minimum absolute atomic E-state index is 0.308. The summed E-state index contributed by atoms with van der Waals surface area (Å²) in [6.07, 6.45) is 2.79. The first-order valence-electron chi connectivity index (χ1n) is 5.45. The molecule has 0 bridgehead atoms. The zero-order valence-corrected chi connectivity index (χ0v) is 11.1. The van der Waals surface area contributed by atoms with Gasteiger partial charge in [0.2, 0.25) is 5.91 Å². The van der Waals surface area contributed by atoms with Crippen molar-refractivity contribution < 1.29 is 4.79 Å². The van der Waals surface area contributed by atoms with Crippen molar-refractivity contribution in [3.8, 4) is 0 Å². The maximum absolute atomic E-state index is 11.7. The topological polar surface area (TPSA) is 20.3 Å². The van der Waals surface area contributed by atoms with Gasteiger partial charge in [-0.1, -0.05) is 29.8 Å². The lowest BCUT2D eigenvalue weighted by Gasteiger charge is -2.22. The number of carbonyl (C=O) groups is 1. The molecule has 3 heteroatoms. The number of hydrogen-bond donors (Lipinski definition) is 0. The summed E-state index contributed by atoms with van der Waals surface area (Å²) in [7, 11) is 0. The van der Waals surface area contributed by atoms with Gasteiger partial charge in [-0.2, -0.15) is 0 Å². The number of nitrogens with zero attached hydrogens (tertiary/aromatic N) is 1. The zero-order chi connectivity index (χ0) is 11.0. The van der Waals surface area contributed by atoms with Crippen LogP contribution in [0.3, 0.4) is 0 Å². The molecule has 0 heterocycles. The van der Waals surface area contributed by atoms with Gasteiger partial charge in [-0.3, -0.25) is 4.79 Å². The molecular formula is C11H22BrNO. The van der Waals surface area contributed by atoms with Gasteiger partial charge in [0.1, 0.15) is 0 Å². The van der Waals surface area contributed by atoms with Crippen LogP contribution in [-0.4, -0.2) is 29.2 Å². The van der Waals surface area contributed by atoms with Crippen LogP contribution < -0.4 is 0 Å². The molecule has 0 rings (SSSR count). The molecule has 0 saturated carbocycles. The van der Waals surface area contributed by atoms with Crippen molar-refractivity contribution in [1.82, 2.24) is 4.90 Å². The Morgan fingerprint density at radius 1 is 1.36 bits per heavy atom. The van der Waals surface area contributed by atoms with Gasteiger partial charge < -0.3 is 4.90 Å². The molecule has 0 spiro atoms. The van der Waals surface area contributed by atoms with Crippen LogP contribution in [0.25, 0.3) is 0 Å². The lowest BCUT2D eigenvalue weighted by Crippen LogP contribution is -2.33. The van der Waals surface area contributed by atoms with E-state index in [2.05, 4.69) is 29.8 Å². The average molecular weight is 264 g/mol. The standard InChI is InChI=1S/C11H22BrNO/c1-4-13(9-10(2)3)11(14)7-5-6-8-12/h10H,4-9H2,1-3H3. The highest BCUT2D eigenvalue weighted by Gasteiger charge is 2.11. The summed E-state index contributed by atoms with van der Waals surface area (Å²) < 4.78 is 0. The fraction of sp³-hybridized carbons (Fsp3) is 0.909. The molecule has 0 N–H and O–H groups in total. The van der Waals surface area contributed by atoms with Gasteiger partial charge in [-0.15, -0.1) is 0 Å². The van der Waals surface area contributed by atoms with E-state index in [0.29, 0.717) is 18.2 Å². The quantitative estimate of drug-likeness (QED) is 0.511. The summed E-state index contributed by atoms with van der Waals surface area (Å²) >= 11 is 3.37. The molecule has 0 aliphatic heterocycles. The summed E-state index contributed by atoms with van der Waals surface area (Å²) in [6, 6.07) is 0. The maximum Gasteiger partial charge on any atom is 0.222 e. The number of alkyl halides is 1. The van der Waals surface area contributed by atoms with E-state index in [0.717, 1.165) is 31.3 Å². The van der Waals surface area contributed by atoms with E-state index in [-0.39, 0.29) is 0 Å². The zero-order valence-electron chi connectivity index (χ0n) is 9.55. The van der Waals surface area contributed by atoms with Crippen LogP contribution in [0, 0.1) is 5.92 Å². The number of amides is 1. The minimum atomic E-state index is 0.308. The van der Waals surface area contributed by atoms with Crippen molar-refractivity contribution in [2.45, 2.75) is 40.0 Å². The highest BCUT2D eigenvalue weighted by atomic mass is 79.9. The number of unbranched alkanes of at least 4 members (excludes halogenated alkanes) is 1. The second kappa shape index (κ2) is 8.27. The number of carbonyl (C=O) groups excluding carboxylic acids is 1. The Morgan fingerprint density at radius 3 is 2.43 bits per heavy atom. The summed E-state index contributed by atoms with van der Waals surface area (Å²) in [5, 5.41) is 0.997. The van der Waals surface area contributed by atoms with Crippen LogP contribution in [-0.2, 0) is 4.79 Å². The van der Waals surface area contributed by atoms with Gasteiger partial charge in [0.25, 0.3) is 0 Å². The normalized spacial score (nSPS) is 10.6. The predicted molar refractivity (Wildman–Crippen MR) is 64.7 cm³/mol. The van der Waals surface area contributed by atoms with Crippen molar-refractivity contribution in [3.63, 3.8) is 0 Å². The van der Waals surface area contributed by atoms with E-state index in [4.69, 9.17) is 0 Å². The maximum atomic E-state index is 11.7. The van der Waals surface area contributed by atoms with Gasteiger partial charge in [0, 0.05) is 24.8 Å². The summed E-state index contributed by atoms with van der Waals surface area (Å²) in [4.78, 5) is 13.7. The predicted octanol–water partition coefficient (Wildman–Crippen LogP) is 3.06. The molecule has 0 unspecified atom stereocenters. The first-order valence-corrected chi connectivity index (χ1v) is 6.57. The lowest BCUT2D eigenvalue weighted by molar-refractivity contribution is -0.131. The van der Waals surface area contributed by atoms with Gasteiger partial charge in [-0.05, 0) is 25.7 Å². The molecule has 0 radical (unpaired) electrons. The van der Waals surface area contributed by atoms with Crippen LogP contribution in [0.2, 0.25) is 0 Å². The van der Waals surface area contributed by atoms with Crippen molar-refractivity contribution in [2.75, 3.05) is 18.4 Å². The Hall–Kier alpha value is -0.0500. The third-order valence-electron chi connectivity index (χ3n) is 2.09. The lowest BCUT2D eigenvalue weighted by atomic mass is 10.2. The first-order chi connectivity index (χ1) is 6.61. The Morgan fingerprint density at radius 2 is 2.00 bits per heavy atom. The molecule has 0 atom stereocenters. The van der Waals surface area contributed by atoms with Gasteiger partial charge in [0.05, 0.1) is 0 Å². The van der Waals surface area contributed by atoms with Gasteiger partial charge in [0.15, 0.2) is 0 Å². The molecule has 1 amide bonds. The second-order valence-electron chi connectivity index (χ2n) is 3.97. The van der Waals surface area contributed by atoms with Crippen molar-refractivity contribution in [2.24, 2.45) is 5.92 Å². The van der Waals surface area contributed by atoms with E-state index in [9.17, 15) is 4.79 Å². The van der Waals surface area contributed by atoms with E-state index in [1.54, 1.807) is 0 Å². The molecule has 2 nitrogen and oxygen atoms in total. The molecular weight excluding hydrogens is 242 g/mol. The first kappa shape index (κ1) is 13.9. The summed E-state index contributed by atoms with van der Waals surface area (Å²) in [6.45, 7) is 8.07. The highest BCUT2D eigenvalue weighted by molar-refractivity contribution is 9.09. The smallest absolute Gasteiger partial charge is 0.222 e. The molecule has 0 aromatic carbocycles. The van der Waals surface area contributed by atoms with Crippen LogP contribution in [0.4, 0.5) is 0 Å². The minimum Gasteiger partial charge on any atom is -0.343 e. The molecule has 0 aromatic heterocycles. The second-order valence-corrected chi connectivity index (χ2v) is 4.77. The molecule has 14 heavy (non-hydrogen) atoms. The van der Waals surface area contributed by atoms with E-state index in [1.165, 1.54) is 0 Å². The number of rotatable bonds is 7. The molecule has 0 fully saturated rings. The highest BCUT2D eigenvalue weighted by Crippen LogP contribution is 2.05. The number of hydrogen-bond acceptors (Lipinski definition) is 1. The Bertz CT molecular complexity index is 159. The van der Waals surface area contributed by atoms with Gasteiger partial charge >= 0.3 is 0 Å².